The Balaban J connectivity index is 2.42. The lowest BCUT2D eigenvalue weighted by atomic mass is 9.85. The first-order chi connectivity index (χ1) is 5.76. The summed E-state index contributed by atoms with van der Waals surface area (Å²) in [4.78, 5) is 0. The van der Waals surface area contributed by atoms with Crippen LogP contribution in [0.1, 0.15) is 25.7 Å². The van der Waals surface area contributed by atoms with E-state index in [-0.39, 0.29) is 5.79 Å². The molecule has 1 saturated carbocycles. The molecule has 12 heavy (non-hydrogen) atoms. The molecular weight excluding hydrogens is 156 g/mol. The highest BCUT2D eigenvalue weighted by Crippen LogP contribution is 2.34. The molecule has 1 fully saturated rings. The smallest absolute Gasteiger partial charge is 0.167 e. The van der Waals surface area contributed by atoms with Crippen LogP contribution in [0.25, 0.3) is 0 Å². The molecule has 3 nitrogen and oxygen atoms in total. The Morgan fingerprint density at radius 2 is 1.75 bits per heavy atom. The van der Waals surface area contributed by atoms with Gasteiger partial charge in [0.05, 0.1) is 0 Å². The number of hydrogen-bond acceptors (Lipinski definition) is 3. The van der Waals surface area contributed by atoms with Gasteiger partial charge in [0, 0.05) is 33.7 Å². The molecule has 0 amide bonds. The summed E-state index contributed by atoms with van der Waals surface area (Å²) < 4.78 is 10.6. The third-order valence-corrected chi connectivity index (χ3v) is 2.87. The summed E-state index contributed by atoms with van der Waals surface area (Å²) in [5.41, 5.74) is 0. The van der Waals surface area contributed by atoms with Gasteiger partial charge in [-0.05, 0) is 18.8 Å². The number of rotatable bonds is 3. The minimum atomic E-state index is -0.369. The highest BCUT2D eigenvalue weighted by Gasteiger charge is 2.34. The van der Waals surface area contributed by atoms with E-state index in [1.165, 1.54) is 0 Å². The van der Waals surface area contributed by atoms with Crippen LogP contribution in [0.2, 0.25) is 0 Å². The SMILES string of the molecule is COC1(OC)CCC(CO)CC1. The molecule has 0 heterocycles. The fourth-order valence-electron chi connectivity index (χ4n) is 1.79. The average molecular weight is 174 g/mol. The van der Waals surface area contributed by atoms with Crippen molar-refractivity contribution in [2.24, 2.45) is 5.92 Å². The monoisotopic (exact) mass is 174 g/mol. The van der Waals surface area contributed by atoms with E-state index in [0.717, 1.165) is 25.7 Å². The van der Waals surface area contributed by atoms with Crippen LogP contribution in [-0.2, 0) is 9.47 Å². The Hall–Kier alpha value is -0.120. The second-order valence-corrected chi connectivity index (χ2v) is 3.44. The molecule has 0 atom stereocenters. The number of hydrogen-bond donors (Lipinski definition) is 1. The van der Waals surface area contributed by atoms with E-state index in [9.17, 15) is 0 Å². The second-order valence-electron chi connectivity index (χ2n) is 3.44. The minimum absolute atomic E-state index is 0.295. The number of aliphatic hydroxyl groups is 1. The van der Waals surface area contributed by atoms with E-state index in [1.54, 1.807) is 14.2 Å². The van der Waals surface area contributed by atoms with Crippen LogP contribution >= 0.6 is 0 Å². The third-order valence-electron chi connectivity index (χ3n) is 2.87. The fraction of sp³-hybridized carbons (Fsp3) is 1.00. The van der Waals surface area contributed by atoms with Crippen molar-refractivity contribution < 1.29 is 14.6 Å². The lowest BCUT2D eigenvalue weighted by Gasteiger charge is -2.37. The summed E-state index contributed by atoms with van der Waals surface area (Å²) in [7, 11) is 3.37. The molecule has 0 unspecified atom stereocenters. The molecule has 0 aliphatic heterocycles. The molecule has 0 aromatic rings. The Morgan fingerprint density at radius 1 is 1.25 bits per heavy atom. The molecular formula is C9H18O3. The molecule has 72 valence electrons. The van der Waals surface area contributed by atoms with Crippen LogP contribution in [0.3, 0.4) is 0 Å². The molecule has 1 N–H and O–H groups in total. The maximum atomic E-state index is 8.93. The first-order valence-electron chi connectivity index (χ1n) is 4.47. The highest BCUT2D eigenvalue weighted by atomic mass is 16.7. The zero-order valence-electron chi connectivity index (χ0n) is 7.88. The molecule has 0 spiro atoms. The van der Waals surface area contributed by atoms with Crippen molar-refractivity contribution in [3.8, 4) is 0 Å². The van der Waals surface area contributed by atoms with E-state index in [4.69, 9.17) is 14.6 Å². The van der Waals surface area contributed by atoms with Gasteiger partial charge >= 0.3 is 0 Å². The van der Waals surface area contributed by atoms with Crippen molar-refractivity contribution in [2.75, 3.05) is 20.8 Å². The predicted octanol–water partition coefficient (Wildman–Crippen LogP) is 1.16. The largest absolute Gasteiger partial charge is 0.396 e. The average Bonchev–Trinajstić information content (AvgIpc) is 2.18. The van der Waals surface area contributed by atoms with Gasteiger partial charge in [-0.2, -0.15) is 0 Å². The lowest BCUT2D eigenvalue weighted by Crippen LogP contribution is -2.38. The van der Waals surface area contributed by atoms with Crippen LogP contribution in [0.15, 0.2) is 0 Å². The molecule has 0 saturated heterocycles. The van der Waals surface area contributed by atoms with E-state index >= 15 is 0 Å². The number of ether oxygens (including phenoxy) is 2. The van der Waals surface area contributed by atoms with Crippen molar-refractivity contribution in [3.05, 3.63) is 0 Å². The summed E-state index contributed by atoms with van der Waals surface area (Å²) in [6.07, 6.45) is 3.78. The van der Waals surface area contributed by atoms with Crippen molar-refractivity contribution in [1.82, 2.24) is 0 Å². The summed E-state index contributed by atoms with van der Waals surface area (Å²) in [5.74, 6) is 0.0782. The predicted molar refractivity (Wildman–Crippen MR) is 45.8 cm³/mol. The van der Waals surface area contributed by atoms with Gasteiger partial charge in [-0.1, -0.05) is 0 Å². The third kappa shape index (κ3) is 1.97. The zero-order chi connectivity index (χ0) is 9.03. The summed E-state index contributed by atoms with van der Waals surface area (Å²) in [6, 6.07) is 0. The van der Waals surface area contributed by atoms with Crippen LogP contribution < -0.4 is 0 Å². The van der Waals surface area contributed by atoms with Crippen molar-refractivity contribution in [3.63, 3.8) is 0 Å². The van der Waals surface area contributed by atoms with Gasteiger partial charge in [0.15, 0.2) is 5.79 Å². The highest BCUT2D eigenvalue weighted by molar-refractivity contribution is 4.78. The number of aliphatic hydroxyl groups excluding tert-OH is 1. The van der Waals surface area contributed by atoms with Crippen LogP contribution in [0.5, 0.6) is 0 Å². The first-order valence-corrected chi connectivity index (χ1v) is 4.47. The summed E-state index contributed by atoms with van der Waals surface area (Å²) in [6.45, 7) is 0.295. The molecule has 0 aromatic heterocycles. The van der Waals surface area contributed by atoms with Gasteiger partial charge in [0.2, 0.25) is 0 Å². The molecule has 3 heteroatoms. The van der Waals surface area contributed by atoms with Gasteiger partial charge in [0.25, 0.3) is 0 Å². The van der Waals surface area contributed by atoms with Gasteiger partial charge in [-0.15, -0.1) is 0 Å². The topological polar surface area (TPSA) is 38.7 Å². The van der Waals surface area contributed by atoms with Crippen LogP contribution in [0.4, 0.5) is 0 Å². The Labute approximate surface area is 73.7 Å². The molecule has 1 rings (SSSR count). The minimum Gasteiger partial charge on any atom is -0.396 e. The van der Waals surface area contributed by atoms with Crippen molar-refractivity contribution in [2.45, 2.75) is 31.5 Å². The van der Waals surface area contributed by atoms with Gasteiger partial charge in [-0.3, -0.25) is 0 Å². The molecule has 0 aromatic carbocycles. The van der Waals surface area contributed by atoms with E-state index in [2.05, 4.69) is 0 Å². The van der Waals surface area contributed by atoms with E-state index in [0.29, 0.717) is 12.5 Å². The second kappa shape index (κ2) is 4.21. The molecule has 1 aliphatic carbocycles. The fourth-order valence-corrected chi connectivity index (χ4v) is 1.79. The molecule has 0 radical (unpaired) electrons. The Kier molecular flexibility index (Phi) is 3.50. The normalized spacial score (nSPS) is 24.2. The molecule has 0 bridgehead atoms. The van der Waals surface area contributed by atoms with Gasteiger partial charge < -0.3 is 14.6 Å². The van der Waals surface area contributed by atoms with Gasteiger partial charge in [-0.25, -0.2) is 0 Å². The standard InChI is InChI=1S/C9H18O3/c1-11-9(12-2)5-3-8(7-10)4-6-9/h8,10H,3-7H2,1-2H3. The lowest BCUT2D eigenvalue weighted by molar-refractivity contribution is -0.228. The maximum Gasteiger partial charge on any atom is 0.167 e. The van der Waals surface area contributed by atoms with E-state index in [1.807, 2.05) is 0 Å². The summed E-state index contributed by atoms with van der Waals surface area (Å²) >= 11 is 0. The maximum absolute atomic E-state index is 8.93. The quantitative estimate of drug-likeness (QED) is 0.652. The van der Waals surface area contributed by atoms with Crippen LogP contribution in [-0.4, -0.2) is 31.7 Å². The van der Waals surface area contributed by atoms with E-state index < -0.39 is 0 Å². The van der Waals surface area contributed by atoms with Gasteiger partial charge in [0.1, 0.15) is 0 Å². The Morgan fingerprint density at radius 3 is 2.08 bits per heavy atom. The summed E-state index contributed by atoms with van der Waals surface area (Å²) in [5, 5.41) is 8.93. The Bertz CT molecular complexity index is 122. The zero-order valence-corrected chi connectivity index (χ0v) is 7.88. The molecule has 1 aliphatic rings. The van der Waals surface area contributed by atoms with Crippen molar-refractivity contribution in [1.29, 1.82) is 0 Å². The van der Waals surface area contributed by atoms with Crippen LogP contribution in [0, 0.1) is 5.92 Å². The first kappa shape index (κ1) is 9.96. The van der Waals surface area contributed by atoms with Crippen molar-refractivity contribution >= 4 is 0 Å². The number of methoxy groups -OCH3 is 2.